The highest BCUT2D eigenvalue weighted by Crippen LogP contribution is 2.43. The van der Waals surface area contributed by atoms with Crippen molar-refractivity contribution in [2.75, 3.05) is 23.7 Å². The number of halogens is 6. The number of amides is 8. The van der Waals surface area contributed by atoms with Gasteiger partial charge in [-0.2, -0.15) is 27.0 Å². The van der Waals surface area contributed by atoms with E-state index in [1.807, 2.05) is 60.7 Å². The summed E-state index contributed by atoms with van der Waals surface area (Å²) in [5.41, 5.74) is 6.29. The number of benzene rings is 7. The Bertz CT molecular complexity index is 3960. The van der Waals surface area contributed by atoms with Gasteiger partial charge in [-0.05, 0) is 124 Å². The first kappa shape index (κ1) is 76.4. The van der Waals surface area contributed by atoms with Crippen molar-refractivity contribution in [3.63, 3.8) is 0 Å². The molecule has 2 aliphatic carbocycles. The highest BCUT2D eigenvalue weighted by Gasteiger charge is 2.36. The number of anilines is 2. The first-order valence-electron chi connectivity index (χ1n) is 29.6. The molecular weight excluding hydrogens is 1380 g/mol. The number of hydrogen-bond acceptors (Lipinski definition) is 9. The van der Waals surface area contributed by atoms with Crippen LogP contribution in [-0.4, -0.2) is 77.9 Å². The normalized spacial score (nSPS) is 15.2. The van der Waals surface area contributed by atoms with Gasteiger partial charge in [0, 0.05) is 10.0 Å². The molecule has 26 heteroatoms. The van der Waals surface area contributed by atoms with Gasteiger partial charge >= 0.3 is 24.0 Å². The third kappa shape index (κ3) is 20.9. The molecule has 4 atom stereocenters. The van der Waals surface area contributed by atoms with E-state index in [4.69, 9.17) is 74.3 Å². The number of aliphatic carboxylic acids is 1. The summed E-state index contributed by atoms with van der Waals surface area (Å²) in [6.45, 7) is 7.92. The molecule has 0 aliphatic heterocycles. The lowest BCUT2D eigenvalue weighted by Crippen LogP contribution is -2.51. The minimum Gasteiger partial charge on any atom is -0.480 e. The zero-order valence-electron chi connectivity index (χ0n) is 52.0. The fraction of sp³-hybridized carbons (Fsp3) is 0.275. The second kappa shape index (κ2) is 34.8. The Kier molecular flexibility index (Phi) is 28.0. The van der Waals surface area contributed by atoms with Gasteiger partial charge in [0.1, 0.15) is 18.7 Å². The second-order valence-corrected chi connectivity index (χ2v) is 26.0. The molecule has 502 valence electrons. The van der Waals surface area contributed by atoms with Gasteiger partial charge in [0.05, 0.1) is 80.6 Å². The summed E-state index contributed by atoms with van der Waals surface area (Å²) in [5, 5.41) is 31.8. The molecule has 2 unspecified atom stereocenters. The Hall–Kier alpha value is -7.66. The van der Waals surface area contributed by atoms with Crippen LogP contribution in [0.1, 0.15) is 125 Å². The molecule has 0 saturated carbocycles. The molecule has 8 amide bonds. The van der Waals surface area contributed by atoms with Crippen molar-refractivity contribution in [2.24, 2.45) is 0 Å². The predicted octanol–water partition coefficient (Wildman–Crippen LogP) is 14.1. The number of carbonyl (C=O) groups is 8. The maximum atomic E-state index is 13.7. The zero-order valence-corrected chi connectivity index (χ0v) is 58.5. The van der Waals surface area contributed by atoms with Crippen LogP contribution in [0.25, 0.3) is 0 Å². The highest BCUT2D eigenvalue weighted by molar-refractivity contribution is 7.59. The van der Waals surface area contributed by atoms with Crippen LogP contribution in [0.5, 0.6) is 0 Å². The Labute approximate surface area is 594 Å². The number of urea groups is 2. The van der Waals surface area contributed by atoms with E-state index in [1.54, 1.807) is 60.7 Å². The van der Waals surface area contributed by atoms with Crippen molar-refractivity contribution >= 4 is 156 Å². The van der Waals surface area contributed by atoms with Crippen LogP contribution in [0.3, 0.4) is 0 Å². The van der Waals surface area contributed by atoms with E-state index >= 15 is 0 Å². The van der Waals surface area contributed by atoms with Gasteiger partial charge in [0.2, 0.25) is 11.8 Å². The number of carboxylic acids is 1. The molecule has 0 spiro atoms. The molecule has 2 aliphatic rings. The molecule has 0 saturated heterocycles. The Balaban J connectivity index is 0.000000298. The van der Waals surface area contributed by atoms with Crippen molar-refractivity contribution < 1.29 is 48.2 Å². The van der Waals surface area contributed by atoms with E-state index in [2.05, 4.69) is 76.3 Å². The number of fused-ring (bicyclic) bond motifs is 2. The molecule has 7 aromatic rings. The zero-order chi connectivity index (χ0) is 67.1. The standard InChI is InChI=1S/C38H37Cl3N4O5.C31H31Cl3N4O5.2H2S/c1-38(2)18-17-29(26-13-6-7-14-27(26)38)45-37(49)42-21-31(36(48)50-22-23-9-4-3-5-10-23)44-35(47)33-28(40)15-16-30(34(33)41)43-32(46)20-24-11-8-12-25(39)19-24;1-31(2)13-12-22(19-8-3-4-9-20(19)31)38-30(43)35-16-24(29(41)42)37-28(40)26-21(33)10-11-23(27(26)34)36-25(39)15-17-6-5-7-18(32)14-17;;/h3-16,19,29,31H,17-18,20-22H2,1-2H3,(H,43,46)(H,44,47)(H2,42,45,49);3-11,14,22,24H,12-13,15-16H2,1-2H3,(H,36,39)(H,37,40)(H,41,42)(H2,35,38,43);2*1H2/t29?,31-;22?,24-;;/m00../s1. The van der Waals surface area contributed by atoms with Gasteiger partial charge in [-0.25, -0.2) is 19.2 Å². The van der Waals surface area contributed by atoms with Crippen LogP contribution in [0, 0.1) is 0 Å². The van der Waals surface area contributed by atoms with E-state index in [-0.39, 0.29) is 118 Å². The lowest BCUT2D eigenvalue weighted by Gasteiger charge is -2.37. The van der Waals surface area contributed by atoms with Crippen molar-refractivity contribution in [2.45, 2.75) is 108 Å². The van der Waals surface area contributed by atoms with E-state index in [1.165, 1.54) is 29.8 Å². The number of carbonyl (C=O) groups excluding carboxylic acids is 7. The third-order valence-corrected chi connectivity index (χ3v) is 17.8. The topological polar surface area (TPSA) is 262 Å². The van der Waals surface area contributed by atoms with E-state index in [9.17, 15) is 43.5 Å². The van der Waals surface area contributed by atoms with Gasteiger partial charge in [-0.3, -0.25) is 19.2 Å². The highest BCUT2D eigenvalue weighted by atomic mass is 35.5. The molecule has 0 fully saturated rings. The van der Waals surface area contributed by atoms with Gasteiger partial charge in [-0.1, -0.05) is 200 Å². The number of ether oxygens (including phenoxy) is 1. The average molecular weight is 1450 g/mol. The third-order valence-electron chi connectivity index (χ3n) is 15.9. The van der Waals surface area contributed by atoms with Crippen LogP contribution < -0.4 is 42.5 Å². The summed E-state index contributed by atoms with van der Waals surface area (Å²) in [6.07, 6.45) is 3.21. The number of carboxylic acid groups (broad SMARTS) is 1. The first-order chi connectivity index (χ1) is 44.3. The second-order valence-electron chi connectivity index (χ2n) is 23.6. The fourth-order valence-electron chi connectivity index (χ4n) is 11.0. The van der Waals surface area contributed by atoms with Crippen LogP contribution in [0.15, 0.2) is 152 Å². The van der Waals surface area contributed by atoms with E-state index < -0.39 is 66.3 Å². The van der Waals surface area contributed by atoms with Crippen LogP contribution in [0.4, 0.5) is 21.0 Å². The number of rotatable bonds is 20. The Morgan fingerprint density at radius 2 is 0.905 bits per heavy atom. The van der Waals surface area contributed by atoms with Crippen LogP contribution >= 0.6 is 96.6 Å². The maximum absolute atomic E-state index is 13.7. The molecule has 7 aromatic carbocycles. The molecule has 18 nitrogen and oxygen atoms in total. The molecular formula is C69H72Cl6N8O10S2. The number of nitrogens with one attached hydrogen (secondary N) is 8. The van der Waals surface area contributed by atoms with E-state index in [0.717, 1.165) is 47.9 Å². The fourth-order valence-corrected chi connectivity index (χ4v) is 12.6. The average Bonchev–Trinajstić information content (AvgIpc) is 0.795. The van der Waals surface area contributed by atoms with Crippen LogP contribution in [0.2, 0.25) is 30.1 Å². The van der Waals surface area contributed by atoms with Gasteiger partial charge < -0.3 is 52.4 Å². The van der Waals surface area contributed by atoms with Crippen molar-refractivity contribution in [1.29, 1.82) is 0 Å². The largest absolute Gasteiger partial charge is 0.480 e. The Morgan fingerprint density at radius 1 is 0.505 bits per heavy atom. The molecule has 0 bridgehead atoms. The molecule has 9 N–H and O–H groups in total. The lowest BCUT2D eigenvalue weighted by molar-refractivity contribution is -0.147. The number of hydrogen-bond donors (Lipinski definition) is 9. The van der Waals surface area contributed by atoms with Crippen LogP contribution in [-0.2, 0) is 54.2 Å². The molecule has 0 radical (unpaired) electrons. The summed E-state index contributed by atoms with van der Waals surface area (Å²) >= 11 is 37.7. The SMILES string of the molecule is CC1(C)CCC(NC(=O)NC[C@H](NC(=O)c2c(Cl)ccc(NC(=O)Cc3cccc(Cl)c3)c2Cl)C(=O)O)c2ccccc21.CC1(C)CCC(NC(=O)NC[C@H](NC(=O)c2c(Cl)ccc(NC(=O)Cc3cccc(Cl)c3)c2Cl)C(=O)OCc2ccccc2)c2ccccc21.S.S. The number of esters is 1. The first-order valence-corrected chi connectivity index (χ1v) is 31.9. The molecule has 0 heterocycles. The summed E-state index contributed by atoms with van der Waals surface area (Å²) in [5.74, 6) is -4.68. The summed E-state index contributed by atoms with van der Waals surface area (Å²) in [4.78, 5) is 103. The quantitative estimate of drug-likeness (QED) is 0.0326. The van der Waals surface area contributed by atoms with Gasteiger partial charge in [0.15, 0.2) is 0 Å². The summed E-state index contributed by atoms with van der Waals surface area (Å²) in [7, 11) is 0. The van der Waals surface area contributed by atoms with Crippen molar-refractivity contribution in [3.05, 3.63) is 232 Å². The van der Waals surface area contributed by atoms with Gasteiger partial charge in [-0.15, -0.1) is 0 Å². The maximum Gasteiger partial charge on any atom is 0.330 e. The summed E-state index contributed by atoms with van der Waals surface area (Å²) in [6, 6.07) is 39.9. The monoisotopic (exact) mass is 1450 g/mol. The van der Waals surface area contributed by atoms with Gasteiger partial charge in [0.25, 0.3) is 11.8 Å². The van der Waals surface area contributed by atoms with E-state index in [0.29, 0.717) is 21.2 Å². The minimum atomic E-state index is -1.50. The van der Waals surface area contributed by atoms with Crippen molar-refractivity contribution in [1.82, 2.24) is 31.9 Å². The Morgan fingerprint density at radius 3 is 1.34 bits per heavy atom. The van der Waals surface area contributed by atoms with Crippen molar-refractivity contribution in [3.8, 4) is 0 Å². The molecule has 95 heavy (non-hydrogen) atoms. The minimum absolute atomic E-state index is 0. The smallest absolute Gasteiger partial charge is 0.330 e. The molecule has 0 aromatic heterocycles. The summed E-state index contributed by atoms with van der Waals surface area (Å²) < 4.78 is 5.52. The lowest BCUT2D eigenvalue weighted by atomic mass is 9.71. The predicted molar refractivity (Wildman–Crippen MR) is 384 cm³/mol. The molecule has 9 rings (SSSR count).